The van der Waals surface area contributed by atoms with Crippen molar-refractivity contribution in [3.05, 3.63) is 16.6 Å². The number of carboxylic acid groups (broad SMARTS) is 1. The fraction of sp³-hybridized carbons (Fsp3) is 0.556. The second kappa shape index (κ2) is 4.06. The average Bonchev–Trinajstić information content (AvgIpc) is 2.82. The predicted molar refractivity (Wildman–Crippen MR) is 53.1 cm³/mol. The van der Waals surface area contributed by atoms with Crippen molar-refractivity contribution in [1.29, 1.82) is 0 Å². The molecule has 0 aromatic carbocycles. The third kappa shape index (κ3) is 2.30. The van der Waals surface area contributed by atoms with Crippen LogP contribution in [0.25, 0.3) is 0 Å². The molecule has 0 radical (unpaired) electrons. The van der Waals surface area contributed by atoms with E-state index in [9.17, 15) is 4.79 Å². The van der Waals surface area contributed by atoms with E-state index in [4.69, 9.17) is 5.11 Å². The van der Waals surface area contributed by atoms with Gasteiger partial charge < -0.3 is 5.11 Å². The molecule has 1 unspecified atom stereocenters. The van der Waals surface area contributed by atoms with E-state index in [0.29, 0.717) is 12.5 Å². The molecular weight excluding hydrogens is 200 g/mol. The summed E-state index contributed by atoms with van der Waals surface area (Å²) in [7, 11) is 0. The van der Waals surface area contributed by atoms with Crippen LogP contribution in [-0.4, -0.2) is 22.1 Å². The number of carboxylic acids is 1. The van der Waals surface area contributed by atoms with Gasteiger partial charge in [-0.05, 0) is 18.8 Å². The molecule has 1 heterocycles. The standard InChI is InChI=1S/C9H12N2O2S/c12-9(13)8(6-1-2-6)11-5-7-10-3-4-14-7/h3-4,6,8,11H,1-2,5H2,(H,12,13). The monoisotopic (exact) mass is 212 g/mol. The largest absolute Gasteiger partial charge is 0.480 e. The van der Waals surface area contributed by atoms with Gasteiger partial charge >= 0.3 is 5.97 Å². The van der Waals surface area contributed by atoms with E-state index in [1.165, 1.54) is 0 Å². The van der Waals surface area contributed by atoms with Crippen molar-refractivity contribution in [1.82, 2.24) is 10.3 Å². The van der Waals surface area contributed by atoms with E-state index in [1.807, 2.05) is 5.38 Å². The normalized spacial score (nSPS) is 18.0. The Morgan fingerprint density at radius 1 is 1.79 bits per heavy atom. The summed E-state index contributed by atoms with van der Waals surface area (Å²) in [5.74, 6) is -0.420. The summed E-state index contributed by atoms with van der Waals surface area (Å²) >= 11 is 1.54. The third-order valence-corrected chi connectivity index (χ3v) is 3.10. The van der Waals surface area contributed by atoms with Crippen molar-refractivity contribution >= 4 is 17.3 Å². The van der Waals surface area contributed by atoms with Crippen LogP contribution in [0.2, 0.25) is 0 Å². The molecule has 1 fully saturated rings. The van der Waals surface area contributed by atoms with Crippen LogP contribution in [0.4, 0.5) is 0 Å². The summed E-state index contributed by atoms with van der Waals surface area (Å²) in [6.45, 7) is 0.561. The number of aliphatic carboxylic acids is 1. The van der Waals surface area contributed by atoms with Crippen molar-refractivity contribution in [3.8, 4) is 0 Å². The van der Waals surface area contributed by atoms with Gasteiger partial charge in [-0.1, -0.05) is 0 Å². The molecule has 0 aliphatic heterocycles. The highest BCUT2D eigenvalue weighted by Gasteiger charge is 2.35. The Labute approximate surface area is 86.0 Å². The number of aromatic nitrogens is 1. The Balaban J connectivity index is 1.85. The van der Waals surface area contributed by atoms with Crippen LogP contribution >= 0.6 is 11.3 Å². The van der Waals surface area contributed by atoms with Gasteiger partial charge in [0.25, 0.3) is 0 Å². The van der Waals surface area contributed by atoms with Gasteiger partial charge in [-0.3, -0.25) is 10.1 Å². The Hall–Kier alpha value is -0.940. The number of hydrogen-bond acceptors (Lipinski definition) is 4. The topological polar surface area (TPSA) is 62.2 Å². The number of nitrogens with one attached hydrogen (secondary N) is 1. The molecule has 0 bridgehead atoms. The van der Waals surface area contributed by atoms with Crippen molar-refractivity contribution in [3.63, 3.8) is 0 Å². The number of nitrogens with zero attached hydrogens (tertiary/aromatic N) is 1. The molecule has 1 aromatic rings. The number of rotatable bonds is 5. The first-order valence-corrected chi connectivity index (χ1v) is 5.50. The average molecular weight is 212 g/mol. The van der Waals surface area contributed by atoms with E-state index in [0.717, 1.165) is 17.8 Å². The van der Waals surface area contributed by atoms with Crippen LogP contribution in [0.5, 0.6) is 0 Å². The second-order valence-electron chi connectivity index (χ2n) is 3.46. The van der Waals surface area contributed by atoms with Crippen LogP contribution in [0.3, 0.4) is 0 Å². The molecule has 1 atom stereocenters. The van der Waals surface area contributed by atoms with Crippen molar-refractivity contribution in [2.24, 2.45) is 5.92 Å². The maximum absolute atomic E-state index is 10.9. The van der Waals surface area contributed by atoms with Gasteiger partial charge in [0.05, 0.1) is 0 Å². The minimum absolute atomic E-state index is 0.326. The minimum atomic E-state index is -0.746. The first-order valence-electron chi connectivity index (χ1n) is 4.62. The summed E-state index contributed by atoms with van der Waals surface area (Å²) in [6, 6.07) is -0.390. The van der Waals surface area contributed by atoms with Crippen molar-refractivity contribution in [2.75, 3.05) is 0 Å². The van der Waals surface area contributed by atoms with E-state index in [1.54, 1.807) is 17.5 Å². The van der Waals surface area contributed by atoms with Gasteiger partial charge in [0, 0.05) is 18.1 Å². The van der Waals surface area contributed by atoms with Crippen LogP contribution in [0.15, 0.2) is 11.6 Å². The smallest absolute Gasteiger partial charge is 0.320 e. The zero-order valence-corrected chi connectivity index (χ0v) is 8.46. The highest BCUT2D eigenvalue weighted by molar-refractivity contribution is 7.09. The van der Waals surface area contributed by atoms with Crippen molar-refractivity contribution < 1.29 is 9.90 Å². The summed E-state index contributed by atoms with van der Waals surface area (Å²) in [4.78, 5) is 15.0. The molecule has 0 amide bonds. The van der Waals surface area contributed by atoms with E-state index >= 15 is 0 Å². The van der Waals surface area contributed by atoms with Gasteiger partial charge in [-0.25, -0.2) is 4.98 Å². The molecule has 4 nitrogen and oxygen atoms in total. The molecule has 5 heteroatoms. The highest BCUT2D eigenvalue weighted by Crippen LogP contribution is 2.32. The zero-order chi connectivity index (χ0) is 9.97. The molecule has 0 spiro atoms. The lowest BCUT2D eigenvalue weighted by atomic mass is 10.2. The molecule has 76 valence electrons. The maximum atomic E-state index is 10.9. The van der Waals surface area contributed by atoms with Gasteiger partial charge in [-0.15, -0.1) is 11.3 Å². The molecular formula is C9H12N2O2S. The first kappa shape index (κ1) is 9.61. The minimum Gasteiger partial charge on any atom is -0.480 e. The van der Waals surface area contributed by atoms with Gasteiger partial charge in [0.15, 0.2) is 0 Å². The van der Waals surface area contributed by atoms with E-state index in [2.05, 4.69) is 10.3 Å². The lowest BCUT2D eigenvalue weighted by molar-refractivity contribution is -0.140. The number of thiazole rings is 1. The lowest BCUT2D eigenvalue weighted by Gasteiger charge is -2.11. The van der Waals surface area contributed by atoms with Gasteiger partial charge in [-0.2, -0.15) is 0 Å². The molecule has 1 saturated carbocycles. The molecule has 1 aliphatic carbocycles. The molecule has 0 saturated heterocycles. The molecule has 14 heavy (non-hydrogen) atoms. The quantitative estimate of drug-likeness (QED) is 0.767. The summed E-state index contributed by atoms with van der Waals surface area (Å²) < 4.78 is 0. The Morgan fingerprint density at radius 2 is 2.57 bits per heavy atom. The van der Waals surface area contributed by atoms with Crippen LogP contribution in [0, 0.1) is 5.92 Å². The highest BCUT2D eigenvalue weighted by atomic mass is 32.1. The predicted octanol–water partition coefficient (Wildman–Crippen LogP) is 1.10. The Kier molecular flexibility index (Phi) is 2.79. The Morgan fingerprint density at radius 3 is 3.07 bits per heavy atom. The third-order valence-electron chi connectivity index (χ3n) is 2.32. The number of carbonyl (C=O) groups is 1. The number of hydrogen-bond donors (Lipinski definition) is 2. The fourth-order valence-electron chi connectivity index (χ4n) is 1.42. The zero-order valence-electron chi connectivity index (χ0n) is 7.64. The van der Waals surface area contributed by atoms with Gasteiger partial charge in [0.2, 0.25) is 0 Å². The molecule has 1 aromatic heterocycles. The van der Waals surface area contributed by atoms with Crippen LogP contribution < -0.4 is 5.32 Å². The van der Waals surface area contributed by atoms with E-state index < -0.39 is 5.97 Å². The SMILES string of the molecule is O=C(O)C(NCc1nccs1)C1CC1. The first-order chi connectivity index (χ1) is 6.77. The summed E-state index contributed by atoms with van der Waals surface area (Å²) in [5, 5.41) is 14.8. The fourth-order valence-corrected chi connectivity index (χ4v) is 1.99. The maximum Gasteiger partial charge on any atom is 0.320 e. The van der Waals surface area contributed by atoms with Crippen molar-refractivity contribution in [2.45, 2.75) is 25.4 Å². The second-order valence-corrected chi connectivity index (χ2v) is 4.44. The lowest BCUT2D eigenvalue weighted by Crippen LogP contribution is -2.37. The summed E-state index contributed by atoms with van der Waals surface area (Å²) in [6.07, 6.45) is 3.79. The van der Waals surface area contributed by atoms with Crippen LogP contribution in [0.1, 0.15) is 17.8 Å². The molecule has 1 aliphatic rings. The molecule has 2 rings (SSSR count). The van der Waals surface area contributed by atoms with Crippen LogP contribution in [-0.2, 0) is 11.3 Å². The molecule has 2 N–H and O–H groups in total. The summed E-state index contributed by atoms with van der Waals surface area (Å²) in [5.41, 5.74) is 0. The Bertz CT molecular complexity index is 309. The van der Waals surface area contributed by atoms with Gasteiger partial charge in [0.1, 0.15) is 11.0 Å². The van der Waals surface area contributed by atoms with E-state index in [-0.39, 0.29) is 6.04 Å².